The van der Waals surface area contributed by atoms with E-state index in [4.69, 9.17) is 5.73 Å². The third kappa shape index (κ3) is 8.81. The van der Waals surface area contributed by atoms with Crippen molar-refractivity contribution in [3.05, 3.63) is 65.9 Å². The van der Waals surface area contributed by atoms with Crippen molar-refractivity contribution < 1.29 is 29.4 Å². The van der Waals surface area contributed by atoms with Crippen molar-refractivity contribution in [3.63, 3.8) is 0 Å². The molecule has 11 heteroatoms. The minimum Gasteiger partial charge on any atom is -0.508 e. The number of carboxylic acid groups (broad SMARTS) is 1. The second-order valence-corrected chi connectivity index (χ2v) is 11.4. The second-order valence-electron chi connectivity index (χ2n) is 11.4. The second kappa shape index (κ2) is 14.5. The molecule has 0 saturated carbocycles. The quantitative estimate of drug-likeness (QED) is 0.152. The molecule has 1 heterocycles. The van der Waals surface area contributed by atoms with Gasteiger partial charge in [0.15, 0.2) is 0 Å². The average molecular weight is 580 g/mol. The van der Waals surface area contributed by atoms with Crippen LogP contribution in [0.2, 0.25) is 0 Å². The van der Waals surface area contributed by atoms with Gasteiger partial charge in [0.2, 0.25) is 17.7 Å². The third-order valence-electron chi connectivity index (χ3n) is 7.03. The van der Waals surface area contributed by atoms with Gasteiger partial charge in [-0.3, -0.25) is 14.4 Å². The van der Waals surface area contributed by atoms with E-state index in [1.54, 1.807) is 32.2 Å². The minimum absolute atomic E-state index is 0.0354. The SMILES string of the molecule is CC(C)CC(NC(=O)C(N)Cc1ccc(O)cc1)C(=O)NC(C(=O)NC(Cc1c[nH]c2ccccc12)C(=O)O)C(C)C. The molecule has 3 aromatic rings. The van der Waals surface area contributed by atoms with Gasteiger partial charge < -0.3 is 36.9 Å². The van der Waals surface area contributed by atoms with Crippen LogP contribution in [0.1, 0.15) is 45.2 Å². The number of aromatic nitrogens is 1. The first kappa shape index (κ1) is 32.1. The first-order valence-electron chi connectivity index (χ1n) is 14.1. The lowest BCUT2D eigenvalue weighted by molar-refractivity contribution is -0.142. The van der Waals surface area contributed by atoms with Crippen molar-refractivity contribution in [2.75, 3.05) is 0 Å². The standard InChI is InChI=1S/C31H41N5O6/c1-17(2)13-25(34-28(38)23(32)14-19-9-11-21(37)12-10-19)29(39)36-27(18(3)4)30(40)35-26(31(41)42)15-20-16-33-24-8-6-5-7-22(20)24/h5-12,16-18,23,25-27,33,37H,13-15,32H2,1-4H3,(H,34,38)(H,35,40)(H,36,39)(H,41,42). The van der Waals surface area contributed by atoms with Crippen molar-refractivity contribution in [3.8, 4) is 5.75 Å². The van der Waals surface area contributed by atoms with Crippen LogP contribution in [0, 0.1) is 11.8 Å². The molecule has 0 aliphatic carbocycles. The monoisotopic (exact) mass is 579 g/mol. The van der Waals surface area contributed by atoms with Crippen molar-refractivity contribution >= 4 is 34.6 Å². The van der Waals surface area contributed by atoms with E-state index >= 15 is 0 Å². The lowest BCUT2D eigenvalue weighted by Crippen LogP contribution is -2.59. The Bertz CT molecular complexity index is 1380. The lowest BCUT2D eigenvalue weighted by atomic mass is 9.98. The van der Waals surface area contributed by atoms with E-state index in [1.165, 1.54) is 12.1 Å². The average Bonchev–Trinajstić information content (AvgIpc) is 3.34. The highest BCUT2D eigenvalue weighted by Crippen LogP contribution is 2.19. The number of carbonyl (C=O) groups is 4. The smallest absolute Gasteiger partial charge is 0.326 e. The zero-order valence-corrected chi connectivity index (χ0v) is 24.4. The van der Waals surface area contributed by atoms with E-state index in [0.29, 0.717) is 6.42 Å². The summed E-state index contributed by atoms with van der Waals surface area (Å²) in [7, 11) is 0. The fourth-order valence-corrected chi connectivity index (χ4v) is 4.73. The fourth-order valence-electron chi connectivity index (χ4n) is 4.73. The number of H-pyrrole nitrogens is 1. The fraction of sp³-hybridized carbons (Fsp3) is 0.419. The van der Waals surface area contributed by atoms with Gasteiger partial charge in [0, 0.05) is 23.5 Å². The predicted octanol–water partition coefficient (Wildman–Crippen LogP) is 2.23. The van der Waals surface area contributed by atoms with Gasteiger partial charge in [0.1, 0.15) is 23.9 Å². The number of aliphatic carboxylic acids is 1. The maximum Gasteiger partial charge on any atom is 0.326 e. The molecule has 0 spiro atoms. The van der Waals surface area contributed by atoms with E-state index in [2.05, 4.69) is 20.9 Å². The summed E-state index contributed by atoms with van der Waals surface area (Å²) < 4.78 is 0. The highest BCUT2D eigenvalue weighted by molar-refractivity contribution is 5.94. The Balaban J connectivity index is 1.68. The first-order valence-corrected chi connectivity index (χ1v) is 14.1. The van der Waals surface area contributed by atoms with Crippen LogP contribution >= 0.6 is 0 Å². The summed E-state index contributed by atoms with van der Waals surface area (Å²) >= 11 is 0. The minimum atomic E-state index is -1.22. The Labute approximate surface area is 245 Å². The summed E-state index contributed by atoms with van der Waals surface area (Å²) in [5, 5.41) is 28.2. The Morgan fingerprint density at radius 1 is 0.833 bits per heavy atom. The largest absolute Gasteiger partial charge is 0.508 e. The van der Waals surface area contributed by atoms with Gasteiger partial charge in [-0.05, 0) is 54.0 Å². The van der Waals surface area contributed by atoms with Crippen LogP contribution in [0.25, 0.3) is 10.9 Å². The maximum absolute atomic E-state index is 13.4. The normalized spacial score (nSPS) is 14.3. The molecule has 8 N–H and O–H groups in total. The van der Waals surface area contributed by atoms with Crippen molar-refractivity contribution in [2.45, 2.75) is 71.1 Å². The van der Waals surface area contributed by atoms with Crippen LogP contribution in [0.15, 0.2) is 54.7 Å². The number of aromatic hydroxyl groups is 1. The molecule has 0 bridgehead atoms. The number of fused-ring (bicyclic) bond motifs is 1. The van der Waals surface area contributed by atoms with E-state index in [9.17, 15) is 29.4 Å². The molecule has 42 heavy (non-hydrogen) atoms. The number of nitrogens with one attached hydrogen (secondary N) is 4. The van der Waals surface area contributed by atoms with Crippen LogP contribution in [-0.2, 0) is 32.0 Å². The third-order valence-corrected chi connectivity index (χ3v) is 7.03. The van der Waals surface area contributed by atoms with Gasteiger partial charge >= 0.3 is 5.97 Å². The number of aromatic amines is 1. The number of phenolic OH excluding ortho intramolecular Hbond substituents is 1. The zero-order valence-electron chi connectivity index (χ0n) is 24.4. The molecule has 3 rings (SSSR count). The Morgan fingerprint density at radius 2 is 1.48 bits per heavy atom. The van der Waals surface area contributed by atoms with Gasteiger partial charge in [-0.2, -0.15) is 0 Å². The summed E-state index contributed by atoms with van der Waals surface area (Å²) in [6, 6.07) is 9.63. The van der Waals surface area contributed by atoms with E-state index in [-0.39, 0.29) is 30.4 Å². The molecule has 226 valence electrons. The highest BCUT2D eigenvalue weighted by atomic mass is 16.4. The number of nitrogens with two attached hydrogens (primary N) is 1. The molecule has 1 aromatic heterocycles. The van der Waals surface area contributed by atoms with Gasteiger partial charge in [-0.25, -0.2) is 4.79 Å². The Morgan fingerprint density at radius 3 is 2.10 bits per heavy atom. The van der Waals surface area contributed by atoms with Gasteiger partial charge in [-0.1, -0.05) is 58.0 Å². The number of hydrogen-bond acceptors (Lipinski definition) is 6. The van der Waals surface area contributed by atoms with Crippen LogP contribution in [-0.4, -0.2) is 63.1 Å². The van der Waals surface area contributed by atoms with E-state index < -0.39 is 47.9 Å². The maximum atomic E-state index is 13.4. The van der Waals surface area contributed by atoms with Gasteiger partial charge in [-0.15, -0.1) is 0 Å². The number of benzene rings is 2. The predicted molar refractivity (Wildman–Crippen MR) is 160 cm³/mol. The molecule has 0 aliphatic heterocycles. The van der Waals surface area contributed by atoms with Crippen LogP contribution in [0.4, 0.5) is 0 Å². The number of amides is 3. The highest BCUT2D eigenvalue weighted by Gasteiger charge is 2.32. The number of rotatable bonds is 14. The summed E-state index contributed by atoms with van der Waals surface area (Å²) in [6.45, 7) is 7.28. The Kier molecular flexibility index (Phi) is 11.1. The molecule has 0 saturated heterocycles. The van der Waals surface area contributed by atoms with Gasteiger partial charge in [0.25, 0.3) is 0 Å². The van der Waals surface area contributed by atoms with E-state index in [0.717, 1.165) is 22.0 Å². The Hall–Kier alpha value is -4.38. The van der Waals surface area contributed by atoms with Crippen molar-refractivity contribution in [1.82, 2.24) is 20.9 Å². The van der Waals surface area contributed by atoms with Crippen molar-refractivity contribution in [2.24, 2.45) is 17.6 Å². The van der Waals surface area contributed by atoms with Crippen LogP contribution in [0.3, 0.4) is 0 Å². The molecule has 3 amide bonds. The summed E-state index contributed by atoms with van der Waals surface area (Å²) in [4.78, 5) is 54.8. The molecular formula is C31H41N5O6. The number of carbonyl (C=O) groups excluding carboxylic acids is 3. The van der Waals surface area contributed by atoms with Crippen molar-refractivity contribution in [1.29, 1.82) is 0 Å². The number of phenols is 1. The van der Waals surface area contributed by atoms with Gasteiger partial charge in [0.05, 0.1) is 6.04 Å². The molecule has 11 nitrogen and oxygen atoms in total. The van der Waals surface area contributed by atoms with Crippen LogP contribution in [0.5, 0.6) is 5.75 Å². The molecular weight excluding hydrogens is 538 g/mol. The number of carboxylic acids is 1. The number of hydrogen-bond donors (Lipinski definition) is 7. The molecule has 4 unspecified atom stereocenters. The van der Waals surface area contributed by atoms with Crippen LogP contribution < -0.4 is 21.7 Å². The number of para-hydroxylation sites is 1. The summed E-state index contributed by atoms with van der Waals surface area (Å²) in [5.74, 6) is -3.16. The summed E-state index contributed by atoms with van der Waals surface area (Å²) in [6.07, 6.45) is 2.27. The first-order chi connectivity index (χ1) is 19.8. The topological polar surface area (TPSA) is 187 Å². The molecule has 4 atom stereocenters. The molecule has 2 aromatic carbocycles. The zero-order chi connectivity index (χ0) is 31.0. The molecule has 0 fully saturated rings. The van der Waals surface area contributed by atoms with E-state index in [1.807, 2.05) is 38.1 Å². The lowest BCUT2D eigenvalue weighted by Gasteiger charge is -2.27. The molecule has 0 aliphatic rings. The molecule has 0 radical (unpaired) electrons. The summed E-state index contributed by atoms with van der Waals surface area (Å²) in [5.41, 5.74) is 8.46.